The molecule has 0 bridgehead atoms. The lowest BCUT2D eigenvalue weighted by Crippen LogP contribution is -2.33. The lowest BCUT2D eigenvalue weighted by atomic mass is 9.85. The van der Waals surface area contributed by atoms with Gasteiger partial charge in [-0.25, -0.2) is 9.19 Å². The number of anilines is 1. The summed E-state index contributed by atoms with van der Waals surface area (Å²) in [7, 11) is 3.62. The van der Waals surface area contributed by atoms with Crippen molar-refractivity contribution in [3.63, 3.8) is 0 Å². The van der Waals surface area contributed by atoms with E-state index < -0.39 is 11.3 Å². The molecule has 5 atom stereocenters. The molecule has 0 radical (unpaired) electrons. The molecule has 1 saturated carbocycles. The lowest BCUT2D eigenvalue weighted by Gasteiger charge is -2.30. The van der Waals surface area contributed by atoms with E-state index in [0.29, 0.717) is 23.4 Å². The van der Waals surface area contributed by atoms with Crippen molar-refractivity contribution in [3.05, 3.63) is 59.6 Å². The molecule has 9 nitrogen and oxygen atoms in total. The van der Waals surface area contributed by atoms with E-state index in [2.05, 4.69) is 51.6 Å². The Morgan fingerprint density at radius 3 is 2.69 bits per heavy atom. The quantitative estimate of drug-likeness (QED) is 0.416. The first-order chi connectivity index (χ1) is 17.4. The number of rotatable bonds is 9. The molecule has 2 aromatic heterocycles. The van der Waals surface area contributed by atoms with Crippen LogP contribution in [0.1, 0.15) is 55.3 Å². The van der Waals surface area contributed by atoms with E-state index in [4.69, 9.17) is 9.40 Å². The average Bonchev–Trinajstić information content (AvgIpc) is 3.36. The van der Waals surface area contributed by atoms with Gasteiger partial charge in [0.05, 0.1) is 18.3 Å². The van der Waals surface area contributed by atoms with Crippen LogP contribution in [0.4, 0.5) is 5.82 Å². The molecule has 5 rings (SSSR count). The van der Waals surface area contributed by atoms with Crippen molar-refractivity contribution in [2.75, 3.05) is 32.1 Å². The zero-order valence-electron chi connectivity index (χ0n) is 21.0. The van der Waals surface area contributed by atoms with Gasteiger partial charge in [-0.2, -0.15) is 4.31 Å². The van der Waals surface area contributed by atoms with Crippen molar-refractivity contribution in [1.82, 2.24) is 24.8 Å². The fraction of sp³-hybridized carbons (Fsp3) is 0.500. The third kappa shape index (κ3) is 5.67. The van der Waals surface area contributed by atoms with Gasteiger partial charge in [-0.15, -0.1) is 10.2 Å². The molecular weight excluding hydrogens is 476 g/mol. The van der Waals surface area contributed by atoms with E-state index in [1.165, 1.54) is 16.3 Å². The summed E-state index contributed by atoms with van der Waals surface area (Å²) >= 11 is -2.08. The van der Waals surface area contributed by atoms with Gasteiger partial charge in [0, 0.05) is 32.1 Å². The lowest BCUT2D eigenvalue weighted by molar-refractivity contribution is 0.303. The number of hydrogen-bond donors (Lipinski definition) is 2. The Morgan fingerprint density at radius 2 is 1.97 bits per heavy atom. The predicted octanol–water partition coefficient (Wildman–Crippen LogP) is 4.00. The van der Waals surface area contributed by atoms with Crippen LogP contribution in [0.2, 0.25) is 0 Å². The largest absolute Gasteiger partial charge is 0.419 e. The molecule has 3 heterocycles. The summed E-state index contributed by atoms with van der Waals surface area (Å²) in [6.07, 6.45) is 3.38. The second-order valence-electron chi connectivity index (χ2n) is 10.1. The van der Waals surface area contributed by atoms with E-state index in [9.17, 15) is 8.76 Å². The number of hydrogen-bond acceptors (Lipinski definition) is 7. The number of nitrogens with zero attached hydrogens (tertiary/aromatic N) is 5. The maximum Gasteiger partial charge on any atom is 0.248 e. The predicted molar refractivity (Wildman–Crippen MR) is 139 cm³/mol. The van der Waals surface area contributed by atoms with Crippen molar-refractivity contribution in [2.45, 2.75) is 44.7 Å². The van der Waals surface area contributed by atoms with Gasteiger partial charge >= 0.3 is 0 Å². The van der Waals surface area contributed by atoms with Crippen LogP contribution in [0.25, 0.3) is 11.5 Å². The Kier molecular flexibility index (Phi) is 7.47. The molecule has 2 N–H and O–H groups in total. The Bertz CT molecular complexity index is 1210. The van der Waals surface area contributed by atoms with Crippen LogP contribution in [0.5, 0.6) is 0 Å². The van der Waals surface area contributed by atoms with Gasteiger partial charge < -0.3 is 14.6 Å². The summed E-state index contributed by atoms with van der Waals surface area (Å²) in [4.78, 5) is 6.91. The number of nitrogens with one attached hydrogen (secondary N) is 1. The normalized spacial score (nSPS) is 24.6. The Hall–Kier alpha value is -2.66. The Morgan fingerprint density at radius 1 is 1.19 bits per heavy atom. The number of piperidine rings is 1. The van der Waals surface area contributed by atoms with Crippen LogP contribution in [-0.4, -0.2) is 55.4 Å². The molecule has 1 aliphatic heterocycles. The zero-order valence-corrected chi connectivity index (χ0v) is 21.8. The highest BCUT2D eigenvalue weighted by Gasteiger charge is 2.34. The van der Waals surface area contributed by atoms with Crippen molar-refractivity contribution >= 4 is 17.1 Å². The second kappa shape index (κ2) is 10.8. The average molecular weight is 511 g/mol. The van der Waals surface area contributed by atoms with E-state index in [1.807, 2.05) is 25.2 Å². The van der Waals surface area contributed by atoms with Crippen molar-refractivity contribution in [3.8, 4) is 11.5 Å². The molecule has 1 aliphatic carbocycles. The monoisotopic (exact) mass is 510 g/mol. The third-order valence-electron chi connectivity index (χ3n) is 7.33. The smallest absolute Gasteiger partial charge is 0.248 e. The fourth-order valence-corrected chi connectivity index (χ4v) is 5.28. The molecule has 1 saturated heterocycles. The first kappa shape index (κ1) is 25.0. The summed E-state index contributed by atoms with van der Waals surface area (Å²) in [5.41, 5.74) is 2.69. The van der Waals surface area contributed by atoms with Crippen molar-refractivity contribution in [2.24, 2.45) is 11.8 Å². The fourth-order valence-electron chi connectivity index (χ4n) is 5.04. The summed E-state index contributed by atoms with van der Waals surface area (Å²) in [6, 6.07) is 14.2. The summed E-state index contributed by atoms with van der Waals surface area (Å²) < 4.78 is 28.6. The van der Waals surface area contributed by atoms with E-state index in [-0.39, 0.29) is 18.5 Å². The molecule has 3 aromatic rings. The van der Waals surface area contributed by atoms with Crippen molar-refractivity contribution in [1.29, 1.82) is 0 Å². The van der Waals surface area contributed by atoms with E-state index >= 15 is 0 Å². The molecule has 0 amide bonds. The first-order valence-electron chi connectivity index (χ1n) is 12.6. The van der Waals surface area contributed by atoms with Gasteiger partial charge in [-0.3, -0.25) is 4.55 Å². The minimum Gasteiger partial charge on any atom is -0.419 e. The summed E-state index contributed by atoms with van der Waals surface area (Å²) in [5, 5.41) is 12.4. The SMILES string of the molecule is CC1CC1CN(C)c1cc(-c2nnc([C@H]3NCCC[C@H]3c3ccccc3)o2)cc(CN(C)S(=O)O)n1. The van der Waals surface area contributed by atoms with Gasteiger partial charge in [0.1, 0.15) is 5.82 Å². The molecule has 2 fully saturated rings. The van der Waals surface area contributed by atoms with Crippen LogP contribution in [0, 0.1) is 11.8 Å². The number of benzene rings is 1. The van der Waals surface area contributed by atoms with E-state index in [1.54, 1.807) is 7.05 Å². The topological polar surface area (TPSA) is 108 Å². The maximum absolute atomic E-state index is 11.5. The van der Waals surface area contributed by atoms with Gasteiger partial charge in [0.25, 0.3) is 0 Å². The molecule has 0 spiro atoms. The molecule has 36 heavy (non-hydrogen) atoms. The standard InChI is InChI=1S/C26H34N6O3S/c1-17-12-20(17)15-31(2)23-14-19(13-21(28-23)16-32(3)36(33)34)25-29-30-26(35-25)24-22(10-7-11-27-24)18-8-5-4-6-9-18/h4-6,8-9,13-14,17,20,22,24,27H,7,10-12,15-16H2,1-3H3,(H,33,34)/t17?,20?,22-,24-/m0/s1. The molecule has 2 aliphatic rings. The minimum atomic E-state index is -2.08. The molecule has 10 heteroatoms. The number of aromatic nitrogens is 3. The van der Waals surface area contributed by atoms with Crippen molar-refractivity contribution < 1.29 is 13.2 Å². The van der Waals surface area contributed by atoms with E-state index in [0.717, 1.165) is 43.2 Å². The van der Waals surface area contributed by atoms with Gasteiger partial charge in [0.2, 0.25) is 23.0 Å². The van der Waals surface area contributed by atoms with Gasteiger partial charge in [0.15, 0.2) is 0 Å². The van der Waals surface area contributed by atoms with Crippen LogP contribution < -0.4 is 10.2 Å². The Labute approximate surface area is 214 Å². The van der Waals surface area contributed by atoms with Crippen LogP contribution in [-0.2, 0) is 17.8 Å². The first-order valence-corrected chi connectivity index (χ1v) is 13.6. The van der Waals surface area contributed by atoms with Gasteiger partial charge in [-0.1, -0.05) is 37.3 Å². The van der Waals surface area contributed by atoms with Crippen LogP contribution in [0.3, 0.4) is 0 Å². The molecule has 3 unspecified atom stereocenters. The highest BCUT2D eigenvalue weighted by molar-refractivity contribution is 7.76. The zero-order chi connectivity index (χ0) is 25.2. The van der Waals surface area contributed by atoms with Gasteiger partial charge in [-0.05, 0) is 55.3 Å². The molecule has 192 valence electrons. The summed E-state index contributed by atoms with van der Waals surface area (Å²) in [6.45, 7) is 4.31. The van der Waals surface area contributed by atoms with Crippen LogP contribution >= 0.6 is 0 Å². The highest BCUT2D eigenvalue weighted by Crippen LogP contribution is 2.39. The summed E-state index contributed by atoms with van der Waals surface area (Å²) in [5.74, 6) is 3.45. The Balaban J connectivity index is 1.44. The highest BCUT2D eigenvalue weighted by atomic mass is 32.2. The third-order valence-corrected chi connectivity index (χ3v) is 7.99. The molecular formula is C26H34N6O3S. The maximum atomic E-state index is 11.5. The second-order valence-corrected chi connectivity index (χ2v) is 11.2. The molecule has 1 aromatic carbocycles. The van der Waals surface area contributed by atoms with Crippen LogP contribution in [0.15, 0.2) is 46.9 Å². The minimum absolute atomic E-state index is 0.0508. The number of pyridine rings is 1.